The van der Waals surface area contributed by atoms with Gasteiger partial charge in [0.15, 0.2) is 11.3 Å². The standard InChI is InChI=1S/C11H11BrO2/c1-13-10-4-2-3-8-7-9(5-6-12)14-11(8)10/h2-4,7H,5-6H2,1H3. The predicted molar refractivity (Wildman–Crippen MR) is 60.3 cm³/mol. The van der Waals surface area contributed by atoms with Gasteiger partial charge in [-0.25, -0.2) is 0 Å². The van der Waals surface area contributed by atoms with Gasteiger partial charge in [0.05, 0.1) is 7.11 Å². The van der Waals surface area contributed by atoms with Crippen LogP contribution in [0, 0.1) is 0 Å². The number of fused-ring (bicyclic) bond motifs is 1. The molecule has 0 fully saturated rings. The Hall–Kier alpha value is -0.960. The van der Waals surface area contributed by atoms with E-state index in [1.54, 1.807) is 7.11 Å². The Morgan fingerprint density at radius 2 is 2.29 bits per heavy atom. The highest BCUT2D eigenvalue weighted by Crippen LogP contribution is 2.28. The Labute approximate surface area is 91.0 Å². The first kappa shape index (κ1) is 9.59. The summed E-state index contributed by atoms with van der Waals surface area (Å²) in [4.78, 5) is 0. The third kappa shape index (κ3) is 1.64. The molecule has 0 saturated carbocycles. The van der Waals surface area contributed by atoms with Crippen LogP contribution in [-0.2, 0) is 6.42 Å². The number of para-hydroxylation sites is 1. The molecule has 0 saturated heterocycles. The lowest BCUT2D eigenvalue weighted by Crippen LogP contribution is -1.81. The SMILES string of the molecule is COc1cccc2cc(CCBr)oc12. The van der Waals surface area contributed by atoms with Gasteiger partial charge in [0.1, 0.15) is 5.76 Å². The molecular weight excluding hydrogens is 244 g/mol. The highest BCUT2D eigenvalue weighted by atomic mass is 79.9. The van der Waals surface area contributed by atoms with Gasteiger partial charge in [0.25, 0.3) is 0 Å². The summed E-state index contributed by atoms with van der Waals surface area (Å²) in [6.45, 7) is 0. The van der Waals surface area contributed by atoms with Crippen LogP contribution in [0.4, 0.5) is 0 Å². The van der Waals surface area contributed by atoms with Gasteiger partial charge in [0.2, 0.25) is 0 Å². The number of hydrogen-bond donors (Lipinski definition) is 0. The van der Waals surface area contributed by atoms with Crippen LogP contribution in [0.1, 0.15) is 5.76 Å². The summed E-state index contributed by atoms with van der Waals surface area (Å²) >= 11 is 3.39. The third-order valence-electron chi connectivity index (χ3n) is 2.12. The summed E-state index contributed by atoms with van der Waals surface area (Å²) in [6, 6.07) is 7.95. The number of alkyl halides is 1. The van der Waals surface area contributed by atoms with Crippen LogP contribution in [-0.4, -0.2) is 12.4 Å². The van der Waals surface area contributed by atoms with Crippen LogP contribution in [0.3, 0.4) is 0 Å². The van der Waals surface area contributed by atoms with Gasteiger partial charge in [-0.3, -0.25) is 0 Å². The van der Waals surface area contributed by atoms with Gasteiger partial charge in [-0.1, -0.05) is 28.1 Å². The number of ether oxygens (including phenoxy) is 1. The molecule has 2 aromatic rings. The molecule has 0 aliphatic carbocycles. The predicted octanol–water partition coefficient (Wildman–Crippen LogP) is 3.38. The fourth-order valence-corrected chi connectivity index (χ4v) is 1.86. The molecule has 1 heterocycles. The summed E-state index contributed by atoms with van der Waals surface area (Å²) in [5.74, 6) is 1.78. The van der Waals surface area contributed by atoms with Gasteiger partial charge < -0.3 is 9.15 Å². The molecule has 0 atom stereocenters. The van der Waals surface area contributed by atoms with E-state index in [2.05, 4.69) is 22.0 Å². The van der Waals surface area contributed by atoms with Crippen molar-refractivity contribution < 1.29 is 9.15 Å². The van der Waals surface area contributed by atoms with Gasteiger partial charge in [-0.05, 0) is 12.1 Å². The third-order valence-corrected chi connectivity index (χ3v) is 2.52. The molecule has 0 aliphatic heterocycles. The Morgan fingerprint density at radius 1 is 1.43 bits per heavy atom. The number of hydrogen-bond acceptors (Lipinski definition) is 2. The van der Waals surface area contributed by atoms with Crippen LogP contribution in [0.2, 0.25) is 0 Å². The summed E-state index contributed by atoms with van der Waals surface area (Å²) in [7, 11) is 1.65. The normalized spacial score (nSPS) is 10.7. The van der Waals surface area contributed by atoms with E-state index in [1.807, 2.05) is 18.2 Å². The molecule has 0 N–H and O–H groups in total. The molecule has 0 bridgehead atoms. The van der Waals surface area contributed by atoms with Crippen LogP contribution in [0.15, 0.2) is 28.7 Å². The molecule has 2 rings (SSSR count). The van der Waals surface area contributed by atoms with Gasteiger partial charge in [-0.2, -0.15) is 0 Å². The van der Waals surface area contributed by atoms with E-state index in [9.17, 15) is 0 Å². The molecular formula is C11H11BrO2. The van der Waals surface area contributed by atoms with E-state index < -0.39 is 0 Å². The van der Waals surface area contributed by atoms with E-state index in [0.717, 1.165) is 34.2 Å². The number of benzene rings is 1. The molecule has 3 heteroatoms. The monoisotopic (exact) mass is 254 g/mol. The Morgan fingerprint density at radius 3 is 3.00 bits per heavy atom. The Bertz CT molecular complexity index is 434. The second kappa shape index (κ2) is 4.05. The van der Waals surface area contributed by atoms with Crippen LogP contribution >= 0.6 is 15.9 Å². The maximum atomic E-state index is 5.68. The summed E-state index contributed by atoms with van der Waals surface area (Å²) in [5, 5.41) is 2.01. The van der Waals surface area contributed by atoms with Crippen LogP contribution < -0.4 is 4.74 Å². The average molecular weight is 255 g/mol. The number of aryl methyl sites for hydroxylation is 1. The molecule has 1 aromatic carbocycles. The van der Waals surface area contributed by atoms with Crippen molar-refractivity contribution in [2.75, 3.05) is 12.4 Å². The minimum absolute atomic E-state index is 0.795. The Balaban J connectivity index is 2.52. The fourth-order valence-electron chi connectivity index (χ4n) is 1.47. The molecule has 0 unspecified atom stereocenters. The highest BCUT2D eigenvalue weighted by Gasteiger charge is 2.07. The second-order valence-corrected chi connectivity index (χ2v) is 3.82. The zero-order valence-electron chi connectivity index (χ0n) is 7.92. The van der Waals surface area contributed by atoms with Crippen LogP contribution in [0.5, 0.6) is 5.75 Å². The van der Waals surface area contributed by atoms with Crippen molar-refractivity contribution in [3.05, 3.63) is 30.0 Å². The van der Waals surface area contributed by atoms with Crippen molar-refractivity contribution >= 4 is 26.9 Å². The van der Waals surface area contributed by atoms with Crippen molar-refractivity contribution in [2.24, 2.45) is 0 Å². The molecule has 74 valence electrons. The van der Waals surface area contributed by atoms with Gasteiger partial charge >= 0.3 is 0 Å². The van der Waals surface area contributed by atoms with Crippen molar-refractivity contribution in [2.45, 2.75) is 6.42 Å². The molecule has 2 nitrogen and oxygen atoms in total. The highest BCUT2D eigenvalue weighted by molar-refractivity contribution is 9.09. The zero-order chi connectivity index (χ0) is 9.97. The van der Waals surface area contributed by atoms with Crippen molar-refractivity contribution in [3.8, 4) is 5.75 Å². The number of methoxy groups -OCH3 is 1. The molecule has 0 amide bonds. The molecule has 0 aliphatic rings. The Kier molecular flexibility index (Phi) is 2.77. The fraction of sp³-hybridized carbons (Fsp3) is 0.273. The second-order valence-electron chi connectivity index (χ2n) is 3.03. The van der Waals surface area contributed by atoms with Gasteiger partial charge in [-0.15, -0.1) is 0 Å². The topological polar surface area (TPSA) is 22.4 Å². The maximum absolute atomic E-state index is 5.68. The van der Waals surface area contributed by atoms with E-state index in [4.69, 9.17) is 9.15 Å². The zero-order valence-corrected chi connectivity index (χ0v) is 9.50. The lowest BCUT2D eigenvalue weighted by molar-refractivity contribution is 0.408. The number of halogens is 1. The lowest BCUT2D eigenvalue weighted by atomic mass is 10.2. The number of furan rings is 1. The van der Waals surface area contributed by atoms with E-state index in [0.29, 0.717) is 0 Å². The van der Waals surface area contributed by atoms with Crippen LogP contribution in [0.25, 0.3) is 11.0 Å². The molecule has 1 aromatic heterocycles. The molecule has 0 radical (unpaired) electrons. The van der Waals surface area contributed by atoms with E-state index >= 15 is 0 Å². The minimum Gasteiger partial charge on any atom is -0.493 e. The first-order valence-electron chi connectivity index (χ1n) is 4.46. The van der Waals surface area contributed by atoms with Crippen molar-refractivity contribution in [1.82, 2.24) is 0 Å². The first-order valence-corrected chi connectivity index (χ1v) is 5.58. The summed E-state index contributed by atoms with van der Waals surface area (Å²) in [5.41, 5.74) is 0.839. The van der Waals surface area contributed by atoms with Crippen molar-refractivity contribution in [3.63, 3.8) is 0 Å². The van der Waals surface area contributed by atoms with Gasteiger partial charge in [0, 0.05) is 17.1 Å². The summed E-state index contributed by atoms with van der Waals surface area (Å²) < 4.78 is 10.9. The molecule has 14 heavy (non-hydrogen) atoms. The first-order chi connectivity index (χ1) is 6.85. The quantitative estimate of drug-likeness (QED) is 0.784. The summed E-state index contributed by atoms with van der Waals surface area (Å²) in [6.07, 6.45) is 0.901. The largest absolute Gasteiger partial charge is 0.493 e. The average Bonchev–Trinajstić information content (AvgIpc) is 2.60. The van der Waals surface area contributed by atoms with E-state index in [1.165, 1.54) is 0 Å². The minimum atomic E-state index is 0.795. The van der Waals surface area contributed by atoms with Crippen molar-refractivity contribution in [1.29, 1.82) is 0 Å². The molecule has 0 spiro atoms. The maximum Gasteiger partial charge on any atom is 0.176 e. The lowest BCUT2D eigenvalue weighted by Gasteiger charge is -1.98. The van der Waals surface area contributed by atoms with E-state index in [-0.39, 0.29) is 0 Å². The number of rotatable bonds is 3. The smallest absolute Gasteiger partial charge is 0.176 e.